The molecule has 0 radical (unpaired) electrons. The summed E-state index contributed by atoms with van der Waals surface area (Å²) in [4.78, 5) is 22.0. The Hall–Kier alpha value is -1.63. The van der Waals surface area contributed by atoms with Crippen molar-refractivity contribution in [3.05, 3.63) is 32.8 Å². The fourth-order valence-corrected chi connectivity index (χ4v) is 2.21. The van der Waals surface area contributed by atoms with Crippen LogP contribution in [0.1, 0.15) is 19.3 Å². The maximum atomic E-state index is 11.8. The van der Waals surface area contributed by atoms with Gasteiger partial charge < -0.3 is 10.1 Å². The van der Waals surface area contributed by atoms with Gasteiger partial charge in [-0.3, -0.25) is 14.9 Å². The topological polar surface area (TPSA) is 81.5 Å². The van der Waals surface area contributed by atoms with Gasteiger partial charge in [0.15, 0.2) is 6.10 Å². The van der Waals surface area contributed by atoms with E-state index >= 15 is 0 Å². The van der Waals surface area contributed by atoms with Crippen molar-refractivity contribution in [3.63, 3.8) is 0 Å². The number of rotatable bonds is 3. The number of nitro benzene ring substituents is 1. The average Bonchev–Trinajstić information content (AvgIpc) is 2.57. The largest absolute Gasteiger partial charge is 0.479 e. The molecule has 1 unspecified atom stereocenters. The van der Waals surface area contributed by atoms with Gasteiger partial charge in [0.05, 0.1) is 15.5 Å². The second-order valence-electron chi connectivity index (χ2n) is 4.27. The van der Waals surface area contributed by atoms with E-state index in [1.807, 2.05) is 0 Å². The summed E-state index contributed by atoms with van der Waals surface area (Å²) < 4.78 is 6.20. The molecule has 1 N–H and O–H groups in total. The van der Waals surface area contributed by atoms with Crippen molar-refractivity contribution in [1.29, 1.82) is 0 Å². The van der Waals surface area contributed by atoms with Crippen LogP contribution in [0.25, 0.3) is 0 Å². The van der Waals surface area contributed by atoms with Crippen LogP contribution in [0.3, 0.4) is 0 Å². The van der Waals surface area contributed by atoms with E-state index in [1.165, 1.54) is 12.1 Å². The summed E-state index contributed by atoms with van der Waals surface area (Å²) in [5.41, 5.74) is -0.0627. The normalized spacial score (nSPS) is 19.4. The number of hydrogen-bond donors (Lipinski definition) is 1. The van der Waals surface area contributed by atoms with Crippen LogP contribution in [0.2, 0.25) is 0 Å². The molecule has 1 atom stereocenters. The van der Waals surface area contributed by atoms with E-state index in [0.717, 1.165) is 12.8 Å². The van der Waals surface area contributed by atoms with Crippen LogP contribution in [-0.4, -0.2) is 23.5 Å². The van der Waals surface area contributed by atoms with Gasteiger partial charge in [-0.25, -0.2) is 0 Å². The van der Waals surface area contributed by atoms with Gasteiger partial charge in [-0.05, 0) is 41.3 Å². The number of nitrogens with one attached hydrogen (secondary N) is 1. The Morgan fingerprint density at radius 1 is 1.42 bits per heavy atom. The first-order valence-corrected chi connectivity index (χ1v) is 6.75. The summed E-state index contributed by atoms with van der Waals surface area (Å²) in [6.45, 7) is 0.648. The van der Waals surface area contributed by atoms with E-state index in [9.17, 15) is 14.9 Å². The molecule has 1 saturated heterocycles. The van der Waals surface area contributed by atoms with Crippen molar-refractivity contribution in [2.45, 2.75) is 25.4 Å². The monoisotopic (exact) mass is 328 g/mol. The minimum atomic E-state index is -0.596. The number of nitrogens with zero attached hydrogens (tertiary/aromatic N) is 1. The van der Waals surface area contributed by atoms with E-state index in [2.05, 4.69) is 21.2 Å². The molecule has 1 heterocycles. The number of ether oxygens (including phenoxy) is 1. The molecular formula is C12H13BrN2O4. The number of nitro groups is 1. The molecule has 7 heteroatoms. The summed E-state index contributed by atoms with van der Waals surface area (Å²) >= 11 is 3.27. The molecule has 0 aliphatic carbocycles. The van der Waals surface area contributed by atoms with E-state index < -0.39 is 11.0 Å². The van der Waals surface area contributed by atoms with E-state index in [-0.39, 0.29) is 11.6 Å². The lowest BCUT2D eigenvalue weighted by Gasteiger charge is -2.16. The second-order valence-corrected chi connectivity index (χ2v) is 5.12. The molecule has 19 heavy (non-hydrogen) atoms. The van der Waals surface area contributed by atoms with Crippen LogP contribution in [0.5, 0.6) is 5.75 Å². The fraction of sp³-hybridized carbons (Fsp3) is 0.417. The molecular weight excluding hydrogens is 316 g/mol. The second kappa shape index (κ2) is 6.01. The quantitative estimate of drug-likeness (QED) is 0.682. The standard InChI is InChI=1S/C12H13BrN2O4/c13-9-5-4-8(15(17)18)7-11(9)19-10-3-1-2-6-14-12(10)16/h4-5,7,10H,1-3,6H2,(H,14,16). The molecule has 1 aromatic rings. The van der Waals surface area contributed by atoms with Crippen LogP contribution in [-0.2, 0) is 4.79 Å². The van der Waals surface area contributed by atoms with E-state index in [4.69, 9.17) is 4.74 Å². The number of amides is 1. The summed E-state index contributed by atoms with van der Waals surface area (Å²) in [5, 5.41) is 13.5. The van der Waals surface area contributed by atoms with Gasteiger partial charge in [-0.15, -0.1) is 0 Å². The van der Waals surface area contributed by atoms with Crippen molar-refractivity contribution < 1.29 is 14.5 Å². The SMILES string of the molecule is O=C1NCCCCC1Oc1cc([N+](=O)[O-])ccc1Br. The molecule has 1 aliphatic heterocycles. The third-order valence-corrected chi connectivity index (χ3v) is 3.53. The van der Waals surface area contributed by atoms with Gasteiger partial charge in [0.1, 0.15) is 5.75 Å². The Labute approximate surface area is 118 Å². The van der Waals surface area contributed by atoms with Gasteiger partial charge in [0.2, 0.25) is 0 Å². The van der Waals surface area contributed by atoms with Crippen LogP contribution in [0.4, 0.5) is 5.69 Å². The molecule has 0 spiro atoms. The van der Waals surface area contributed by atoms with Gasteiger partial charge in [0.25, 0.3) is 11.6 Å². The van der Waals surface area contributed by atoms with Crippen LogP contribution in [0.15, 0.2) is 22.7 Å². The zero-order chi connectivity index (χ0) is 13.8. The molecule has 1 amide bonds. The average molecular weight is 329 g/mol. The Morgan fingerprint density at radius 3 is 2.95 bits per heavy atom. The van der Waals surface area contributed by atoms with E-state index in [1.54, 1.807) is 6.07 Å². The summed E-state index contributed by atoms with van der Waals surface area (Å²) in [5.74, 6) is 0.146. The highest BCUT2D eigenvalue weighted by Gasteiger charge is 2.24. The molecule has 0 saturated carbocycles. The number of carbonyl (C=O) groups is 1. The Kier molecular flexibility index (Phi) is 4.36. The number of halogens is 1. The van der Waals surface area contributed by atoms with Gasteiger partial charge in [-0.2, -0.15) is 0 Å². The van der Waals surface area contributed by atoms with Crippen LogP contribution >= 0.6 is 15.9 Å². The Balaban J connectivity index is 2.19. The summed E-state index contributed by atoms with van der Waals surface area (Å²) in [6, 6.07) is 4.24. The van der Waals surface area contributed by atoms with Crippen molar-refractivity contribution in [2.75, 3.05) is 6.54 Å². The van der Waals surface area contributed by atoms with Gasteiger partial charge in [0, 0.05) is 12.6 Å². The minimum Gasteiger partial charge on any atom is -0.479 e. The predicted octanol–water partition coefficient (Wildman–Crippen LogP) is 2.40. The molecule has 2 rings (SSSR count). The first kappa shape index (κ1) is 13.8. The molecule has 0 bridgehead atoms. The summed E-state index contributed by atoms with van der Waals surface area (Å²) in [6.07, 6.45) is 1.82. The number of carbonyl (C=O) groups excluding carboxylic acids is 1. The highest BCUT2D eigenvalue weighted by molar-refractivity contribution is 9.10. The van der Waals surface area contributed by atoms with Gasteiger partial charge >= 0.3 is 0 Å². The lowest BCUT2D eigenvalue weighted by atomic mass is 10.2. The Morgan fingerprint density at radius 2 is 2.21 bits per heavy atom. The third kappa shape index (κ3) is 3.44. The maximum absolute atomic E-state index is 11.8. The smallest absolute Gasteiger partial charge is 0.273 e. The van der Waals surface area contributed by atoms with Gasteiger partial charge in [-0.1, -0.05) is 0 Å². The maximum Gasteiger partial charge on any atom is 0.273 e. The highest BCUT2D eigenvalue weighted by atomic mass is 79.9. The number of hydrogen-bond acceptors (Lipinski definition) is 4. The van der Waals surface area contributed by atoms with Crippen molar-refractivity contribution in [1.82, 2.24) is 5.32 Å². The lowest BCUT2D eigenvalue weighted by Crippen LogP contribution is -2.36. The highest BCUT2D eigenvalue weighted by Crippen LogP contribution is 2.30. The molecule has 6 nitrogen and oxygen atoms in total. The number of non-ortho nitro benzene ring substituents is 1. The fourth-order valence-electron chi connectivity index (χ4n) is 1.87. The van der Waals surface area contributed by atoms with Crippen molar-refractivity contribution in [3.8, 4) is 5.75 Å². The molecule has 0 aromatic heterocycles. The van der Waals surface area contributed by atoms with Crippen LogP contribution < -0.4 is 10.1 Å². The Bertz CT molecular complexity index is 507. The zero-order valence-corrected chi connectivity index (χ0v) is 11.7. The molecule has 1 aliphatic rings. The zero-order valence-electron chi connectivity index (χ0n) is 10.1. The molecule has 1 fully saturated rings. The van der Waals surface area contributed by atoms with Crippen molar-refractivity contribution in [2.24, 2.45) is 0 Å². The van der Waals surface area contributed by atoms with Crippen molar-refractivity contribution >= 4 is 27.5 Å². The number of benzene rings is 1. The predicted molar refractivity (Wildman–Crippen MR) is 72.1 cm³/mol. The first-order valence-electron chi connectivity index (χ1n) is 5.96. The summed E-state index contributed by atoms with van der Waals surface area (Å²) in [7, 11) is 0. The van der Waals surface area contributed by atoms with E-state index in [0.29, 0.717) is 23.2 Å². The first-order chi connectivity index (χ1) is 9.08. The molecule has 1 aromatic carbocycles. The van der Waals surface area contributed by atoms with Crippen LogP contribution in [0, 0.1) is 10.1 Å². The third-order valence-electron chi connectivity index (χ3n) is 2.88. The minimum absolute atomic E-state index is 0.0627. The molecule has 102 valence electrons. The lowest BCUT2D eigenvalue weighted by molar-refractivity contribution is -0.385.